The highest BCUT2D eigenvalue weighted by molar-refractivity contribution is 7.15. The van der Waals surface area contributed by atoms with Gasteiger partial charge in [0.05, 0.1) is 36.1 Å². The van der Waals surface area contributed by atoms with Crippen LogP contribution in [0.2, 0.25) is 0 Å². The van der Waals surface area contributed by atoms with Crippen molar-refractivity contribution in [2.75, 3.05) is 36.5 Å². The predicted octanol–water partition coefficient (Wildman–Crippen LogP) is 3.29. The van der Waals surface area contributed by atoms with Crippen LogP contribution < -0.4 is 10.2 Å². The number of benzene rings is 1. The lowest BCUT2D eigenvalue weighted by Gasteiger charge is -2.30. The number of hydrogen-bond donors (Lipinski definition) is 2. The van der Waals surface area contributed by atoms with Crippen molar-refractivity contribution in [2.24, 2.45) is 0 Å². The Morgan fingerprint density at radius 2 is 2.00 bits per heavy atom. The highest BCUT2D eigenvalue weighted by Gasteiger charge is 2.14. The number of anilines is 3. The Balaban J connectivity index is 1.54. The van der Waals surface area contributed by atoms with Crippen LogP contribution in [0.4, 0.5) is 17.3 Å². The number of aryl methyl sites for hydroxylation is 2. The molecule has 0 radical (unpaired) electrons. The second-order valence-electron chi connectivity index (χ2n) is 6.67. The van der Waals surface area contributed by atoms with Gasteiger partial charge in [0, 0.05) is 30.7 Å². The van der Waals surface area contributed by atoms with Crippen molar-refractivity contribution in [1.29, 1.82) is 0 Å². The number of hydrogen-bond acceptors (Lipinski definition) is 8. The maximum absolute atomic E-state index is 9.31. The van der Waals surface area contributed by atoms with E-state index in [2.05, 4.69) is 50.3 Å². The zero-order chi connectivity index (χ0) is 19.5. The normalized spacial score (nSPS) is 14.3. The van der Waals surface area contributed by atoms with Gasteiger partial charge in [-0.15, -0.1) is 11.3 Å². The van der Waals surface area contributed by atoms with Crippen LogP contribution in [0.3, 0.4) is 0 Å². The molecule has 3 aromatic rings. The van der Waals surface area contributed by atoms with Gasteiger partial charge >= 0.3 is 0 Å². The molecule has 0 saturated carbocycles. The zero-order valence-corrected chi connectivity index (χ0v) is 16.8. The molecule has 8 heteroatoms. The predicted molar refractivity (Wildman–Crippen MR) is 111 cm³/mol. The van der Waals surface area contributed by atoms with Gasteiger partial charge in [-0.3, -0.25) is 0 Å². The van der Waals surface area contributed by atoms with E-state index < -0.39 is 0 Å². The van der Waals surface area contributed by atoms with Gasteiger partial charge in [0.1, 0.15) is 5.01 Å². The molecule has 4 rings (SSSR count). The largest absolute Gasteiger partial charge is 0.389 e. The van der Waals surface area contributed by atoms with E-state index in [0.717, 1.165) is 48.3 Å². The Bertz CT molecular complexity index is 969. The first-order chi connectivity index (χ1) is 13.6. The molecule has 0 aliphatic carbocycles. The maximum atomic E-state index is 9.31. The van der Waals surface area contributed by atoms with Gasteiger partial charge in [-0.1, -0.05) is 0 Å². The van der Waals surface area contributed by atoms with Crippen LogP contribution in [0.15, 0.2) is 30.5 Å². The molecule has 0 unspecified atom stereocenters. The van der Waals surface area contributed by atoms with Gasteiger partial charge in [-0.2, -0.15) is 0 Å². The first-order valence-electron chi connectivity index (χ1n) is 9.25. The van der Waals surface area contributed by atoms with Gasteiger partial charge in [-0.25, -0.2) is 15.0 Å². The van der Waals surface area contributed by atoms with E-state index in [9.17, 15) is 5.11 Å². The Labute approximate surface area is 168 Å². The third-order valence-corrected chi connectivity index (χ3v) is 5.83. The van der Waals surface area contributed by atoms with E-state index in [4.69, 9.17) is 4.74 Å². The fraction of sp³-hybridized carbons (Fsp3) is 0.350. The number of nitrogens with one attached hydrogen (secondary N) is 1. The van der Waals surface area contributed by atoms with E-state index >= 15 is 0 Å². The summed E-state index contributed by atoms with van der Waals surface area (Å²) in [5.74, 6) is 0.536. The number of ether oxygens (including phenoxy) is 1. The van der Waals surface area contributed by atoms with Crippen molar-refractivity contribution in [2.45, 2.75) is 20.5 Å². The highest BCUT2D eigenvalue weighted by atomic mass is 32.1. The van der Waals surface area contributed by atoms with Crippen molar-refractivity contribution in [3.63, 3.8) is 0 Å². The average molecular weight is 398 g/mol. The number of rotatable bonds is 5. The van der Waals surface area contributed by atoms with Crippen LogP contribution in [0.25, 0.3) is 10.6 Å². The summed E-state index contributed by atoms with van der Waals surface area (Å²) in [4.78, 5) is 16.6. The summed E-state index contributed by atoms with van der Waals surface area (Å²) in [6, 6.07) is 8.16. The molecule has 28 heavy (non-hydrogen) atoms. The minimum atomic E-state index is -0.0591. The van der Waals surface area contributed by atoms with Crippen molar-refractivity contribution < 1.29 is 9.84 Å². The zero-order valence-electron chi connectivity index (χ0n) is 16.0. The van der Waals surface area contributed by atoms with E-state index in [1.807, 2.05) is 13.0 Å². The molecule has 3 heterocycles. The van der Waals surface area contributed by atoms with Crippen LogP contribution in [0.5, 0.6) is 0 Å². The topological polar surface area (TPSA) is 83.4 Å². The lowest BCUT2D eigenvalue weighted by molar-refractivity contribution is 0.122. The smallest absolute Gasteiger partial charge is 0.227 e. The molecular weight excluding hydrogens is 374 g/mol. The minimum Gasteiger partial charge on any atom is -0.389 e. The Morgan fingerprint density at radius 3 is 2.71 bits per heavy atom. The molecule has 146 valence electrons. The third kappa shape index (κ3) is 3.99. The number of morpholine rings is 1. The van der Waals surface area contributed by atoms with E-state index in [0.29, 0.717) is 11.0 Å². The molecule has 1 saturated heterocycles. The van der Waals surface area contributed by atoms with Crippen molar-refractivity contribution in [3.8, 4) is 10.6 Å². The second-order valence-corrected chi connectivity index (χ2v) is 7.76. The van der Waals surface area contributed by atoms with Gasteiger partial charge < -0.3 is 20.1 Å². The Hall–Kier alpha value is -2.55. The van der Waals surface area contributed by atoms with E-state index in [1.165, 1.54) is 22.6 Å². The van der Waals surface area contributed by atoms with Gasteiger partial charge in [0.25, 0.3) is 0 Å². The first kappa shape index (κ1) is 18.8. The molecule has 7 nitrogen and oxygen atoms in total. The molecule has 1 fully saturated rings. The van der Waals surface area contributed by atoms with E-state index in [-0.39, 0.29) is 6.61 Å². The number of aliphatic hydroxyl groups excluding tert-OH is 1. The van der Waals surface area contributed by atoms with Crippen LogP contribution in [-0.4, -0.2) is 46.4 Å². The monoisotopic (exact) mass is 397 g/mol. The number of aliphatic hydroxyl groups is 1. The molecule has 1 aliphatic rings. The fourth-order valence-electron chi connectivity index (χ4n) is 3.32. The average Bonchev–Trinajstić information content (AvgIpc) is 3.10. The SMILES string of the molecule is Cc1cc(Nc2nccc(-c3sc(CO)nc3C)n2)ccc1N1CCOCC1. The molecule has 2 aromatic heterocycles. The molecule has 0 spiro atoms. The summed E-state index contributed by atoms with van der Waals surface area (Å²) in [6.45, 7) is 7.37. The summed E-state index contributed by atoms with van der Waals surface area (Å²) in [5.41, 5.74) is 5.05. The minimum absolute atomic E-state index is 0.0591. The molecule has 0 atom stereocenters. The fourth-order valence-corrected chi connectivity index (χ4v) is 4.22. The van der Waals surface area contributed by atoms with E-state index in [1.54, 1.807) is 6.20 Å². The highest BCUT2D eigenvalue weighted by Crippen LogP contribution is 2.30. The van der Waals surface area contributed by atoms with Gasteiger partial charge in [0.2, 0.25) is 5.95 Å². The first-order valence-corrected chi connectivity index (χ1v) is 10.1. The number of aromatic nitrogens is 3. The molecule has 1 aromatic carbocycles. The van der Waals surface area contributed by atoms with Crippen molar-refractivity contribution >= 4 is 28.7 Å². The molecule has 0 amide bonds. The lowest BCUT2D eigenvalue weighted by Crippen LogP contribution is -2.36. The summed E-state index contributed by atoms with van der Waals surface area (Å²) in [7, 11) is 0. The van der Waals surface area contributed by atoms with Gasteiger partial charge in [-0.05, 0) is 43.7 Å². The number of thiazole rings is 1. The molecule has 1 aliphatic heterocycles. The Morgan fingerprint density at radius 1 is 1.18 bits per heavy atom. The Kier molecular flexibility index (Phi) is 5.52. The molecular formula is C20H23N5O2S. The van der Waals surface area contributed by atoms with Crippen LogP contribution >= 0.6 is 11.3 Å². The maximum Gasteiger partial charge on any atom is 0.227 e. The molecule has 2 N–H and O–H groups in total. The number of nitrogens with zero attached hydrogens (tertiary/aromatic N) is 4. The summed E-state index contributed by atoms with van der Waals surface area (Å²) >= 11 is 1.45. The molecule has 0 bridgehead atoms. The van der Waals surface area contributed by atoms with Crippen LogP contribution in [0, 0.1) is 13.8 Å². The second kappa shape index (κ2) is 8.22. The lowest BCUT2D eigenvalue weighted by atomic mass is 10.1. The van der Waals surface area contributed by atoms with Crippen molar-refractivity contribution in [1.82, 2.24) is 15.0 Å². The van der Waals surface area contributed by atoms with Crippen LogP contribution in [-0.2, 0) is 11.3 Å². The van der Waals surface area contributed by atoms with Gasteiger partial charge in [0.15, 0.2) is 0 Å². The third-order valence-electron chi connectivity index (χ3n) is 4.67. The summed E-state index contributed by atoms with van der Waals surface area (Å²) in [5, 5.41) is 13.3. The van der Waals surface area contributed by atoms with Crippen molar-refractivity contribution in [3.05, 3.63) is 46.7 Å². The van der Waals surface area contributed by atoms with Crippen LogP contribution in [0.1, 0.15) is 16.3 Å². The standard InChI is InChI=1S/C20H23N5O2S/c1-13-11-15(3-4-17(13)25-7-9-27-10-8-25)23-20-21-6-5-16(24-20)19-14(2)22-18(12-26)28-19/h3-6,11,26H,7-10,12H2,1-2H3,(H,21,23,24). The quantitative estimate of drug-likeness (QED) is 0.683. The summed E-state index contributed by atoms with van der Waals surface area (Å²) in [6.07, 6.45) is 1.73. The summed E-state index contributed by atoms with van der Waals surface area (Å²) < 4.78 is 5.44.